The van der Waals surface area contributed by atoms with Crippen LogP contribution in [-0.2, 0) is 13.1 Å². The highest BCUT2D eigenvalue weighted by atomic mass is 19.2. The van der Waals surface area contributed by atoms with Crippen molar-refractivity contribution >= 4 is 5.91 Å². The summed E-state index contributed by atoms with van der Waals surface area (Å²) in [5.74, 6) is -4.33. The van der Waals surface area contributed by atoms with Gasteiger partial charge >= 0.3 is 0 Å². The fraction of sp³-hybridized carbons (Fsp3) is 0.250. The fourth-order valence-corrected chi connectivity index (χ4v) is 2.10. The van der Waals surface area contributed by atoms with Crippen LogP contribution in [0.3, 0.4) is 0 Å². The molecular weight excluding hydrogens is 273 g/mol. The van der Waals surface area contributed by atoms with E-state index in [9.17, 15) is 18.0 Å². The van der Waals surface area contributed by atoms with Gasteiger partial charge in [0.1, 0.15) is 6.33 Å². The first-order valence-corrected chi connectivity index (χ1v) is 5.87. The summed E-state index contributed by atoms with van der Waals surface area (Å²) < 4.78 is 41.0. The molecule has 1 amide bonds. The van der Waals surface area contributed by atoms with Gasteiger partial charge in [0.05, 0.1) is 6.54 Å². The van der Waals surface area contributed by atoms with Crippen molar-refractivity contribution in [3.05, 3.63) is 47.3 Å². The van der Waals surface area contributed by atoms with E-state index < -0.39 is 23.4 Å². The molecule has 0 unspecified atom stereocenters. The van der Waals surface area contributed by atoms with E-state index in [0.717, 1.165) is 0 Å². The zero-order chi connectivity index (χ0) is 14.3. The Labute approximate surface area is 111 Å². The maximum atomic E-state index is 13.1. The molecule has 1 aromatic heterocycles. The number of nitrogens with zero attached hydrogens (tertiary/aromatic N) is 4. The van der Waals surface area contributed by atoms with Crippen LogP contribution in [0.4, 0.5) is 13.2 Å². The number of halogens is 3. The van der Waals surface area contributed by atoms with Crippen LogP contribution in [0, 0.1) is 17.5 Å². The van der Waals surface area contributed by atoms with Crippen molar-refractivity contribution in [2.24, 2.45) is 0 Å². The summed E-state index contributed by atoms with van der Waals surface area (Å²) in [6.45, 7) is 1.06. The first-order valence-electron chi connectivity index (χ1n) is 5.87. The van der Waals surface area contributed by atoms with Crippen LogP contribution in [0.15, 0.2) is 18.5 Å². The van der Waals surface area contributed by atoms with Crippen LogP contribution in [0.5, 0.6) is 0 Å². The Balaban J connectivity index is 1.87. The standard InChI is InChI=1S/C12H9F3N4O/c13-8-3-7(4-9(14)11(8)15)12(20)18-1-2-19-6-16-17-10(19)5-18/h3-4,6H,1-2,5H2. The van der Waals surface area contributed by atoms with Crippen LogP contribution in [0.1, 0.15) is 16.2 Å². The van der Waals surface area contributed by atoms with Crippen LogP contribution in [0.25, 0.3) is 0 Å². The van der Waals surface area contributed by atoms with Gasteiger partial charge in [-0.05, 0) is 12.1 Å². The maximum Gasteiger partial charge on any atom is 0.254 e. The normalized spacial score (nSPS) is 14.2. The topological polar surface area (TPSA) is 51.0 Å². The van der Waals surface area contributed by atoms with Gasteiger partial charge in [-0.1, -0.05) is 0 Å². The summed E-state index contributed by atoms with van der Waals surface area (Å²) in [7, 11) is 0. The Morgan fingerprint density at radius 2 is 1.85 bits per heavy atom. The molecule has 20 heavy (non-hydrogen) atoms. The molecule has 3 rings (SSSR count). The number of amides is 1. The number of carbonyl (C=O) groups excluding carboxylic acids is 1. The highest BCUT2D eigenvalue weighted by Gasteiger charge is 2.24. The molecule has 0 aliphatic carbocycles. The third-order valence-corrected chi connectivity index (χ3v) is 3.16. The highest BCUT2D eigenvalue weighted by molar-refractivity contribution is 5.94. The second kappa shape index (κ2) is 4.62. The number of carbonyl (C=O) groups is 1. The summed E-state index contributed by atoms with van der Waals surface area (Å²) in [6, 6.07) is 1.39. The van der Waals surface area contributed by atoms with Gasteiger partial charge in [0, 0.05) is 18.7 Å². The Hall–Kier alpha value is -2.38. The van der Waals surface area contributed by atoms with Gasteiger partial charge in [-0.2, -0.15) is 0 Å². The van der Waals surface area contributed by atoms with Gasteiger partial charge < -0.3 is 9.47 Å². The van der Waals surface area contributed by atoms with Crippen molar-refractivity contribution in [1.82, 2.24) is 19.7 Å². The molecular formula is C12H9F3N4O. The van der Waals surface area contributed by atoms with Gasteiger partial charge in [0.2, 0.25) is 0 Å². The minimum atomic E-state index is -1.58. The van der Waals surface area contributed by atoms with E-state index in [-0.39, 0.29) is 12.1 Å². The van der Waals surface area contributed by atoms with Crippen LogP contribution in [0.2, 0.25) is 0 Å². The van der Waals surface area contributed by atoms with Crippen molar-refractivity contribution < 1.29 is 18.0 Å². The number of fused-ring (bicyclic) bond motifs is 1. The van der Waals surface area contributed by atoms with Gasteiger partial charge in [-0.25, -0.2) is 13.2 Å². The van der Waals surface area contributed by atoms with E-state index in [2.05, 4.69) is 10.2 Å². The largest absolute Gasteiger partial charge is 0.329 e. The minimum absolute atomic E-state index is 0.194. The van der Waals surface area contributed by atoms with E-state index >= 15 is 0 Å². The molecule has 0 atom stereocenters. The molecule has 0 fully saturated rings. The van der Waals surface area contributed by atoms with Crippen LogP contribution in [-0.4, -0.2) is 32.1 Å². The van der Waals surface area contributed by atoms with E-state index in [4.69, 9.17) is 0 Å². The van der Waals surface area contributed by atoms with Crippen molar-refractivity contribution in [3.8, 4) is 0 Å². The van der Waals surface area contributed by atoms with Crippen molar-refractivity contribution in [3.63, 3.8) is 0 Å². The fourth-order valence-electron chi connectivity index (χ4n) is 2.10. The first kappa shape index (κ1) is 12.6. The first-order chi connectivity index (χ1) is 9.56. The Bertz CT molecular complexity index is 662. The summed E-state index contributed by atoms with van der Waals surface area (Å²) in [5.41, 5.74) is -0.227. The van der Waals surface area contributed by atoms with Gasteiger partial charge in [0.25, 0.3) is 5.91 Å². The summed E-state index contributed by atoms with van der Waals surface area (Å²) in [5, 5.41) is 7.56. The molecule has 2 aromatic rings. The molecule has 1 aliphatic heterocycles. The maximum absolute atomic E-state index is 13.1. The molecule has 0 bridgehead atoms. The third-order valence-electron chi connectivity index (χ3n) is 3.16. The number of hydrogen-bond donors (Lipinski definition) is 0. The zero-order valence-corrected chi connectivity index (χ0v) is 10.2. The smallest absolute Gasteiger partial charge is 0.254 e. The monoisotopic (exact) mass is 282 g/mol. The molecule has 0 spiro atoms. The lowest BCUT2D eigenvalue weighted by Gasteiger charge is -2.27. The van der Waals surface area contributed by atoms with Crippen LogP contribution < -0.4 is 0 Å². The van der Waals surface area contributed by atoms with E-state index in [0.29, 0.717) is 31.0 Å². The molecule has 0 saturated heterocycles. The Morgan fingerprint density at radius 3 is 2.55 bits per heavy atom. The molecule has 104 valence electrons. The van der Waals surface area contributed by atoms with E-state index in [1.165, 1.54) is 4.90 Å². The van der Waals surface area contributed by atoms with Gasteiger partial charge in [-0.3, -0.25) is 4.79 Å². The lowest BCUT2D eigenvalue weighted by Crippen LogP contribution is -2.38. The molecule has 5 nitrogen and oxygen atoms in total. The van der Waals surface area contributed by atoms with E-state index in [1.807, 2.05) is 0 Å². The van der Waals surface area contributed by atoms with E-state index in [1.54, 1.807) is 10.9 Å². The third kappa shape index (κ3) is 2.02. The molecule has 0 saturated carbocycles. The second-order valence-corrected chi connectivity index (χ2v) is 4.42. The molecule has 0 N–H and O–H groups in total. The quantitative estimate of drug-likeness (QED) is 0.742. The number of aromatic nitrogens is 3. The Morgan fingerprint density at radius 1 is 1.15 bits per heavy atom. The highest BCUT2D eigenvalue weighted by Crippen LogP contribution is 2.17. The average Bonchev–Trinajstić information content (AvgIpc) is 2.90. The summed E-state index contributed by atoms with van der Waals surface area (Å²) >= 11 is 0. The predicted molar refractivity (Wildman–Crippen MR) is 61.1 cm³/mol. The van der Waals surface area contributed by atoms with Gasteiger partial charge in [-0.15, -0.1) is 10.2 Å². The molecule has 1 aliphatic rings. The summed E-state index contributed by atoms with van der Waals surface area (Å²) in [6.07, 6.45) is 1.55. The zero-order valence-electron chi connectivity index (χ0n) is 10.2. The van der Waals surface area contributed by atoms with Crippen molar-refractivity contribution in [2.75, 3.05) is 6.54 Å². The average molecular weight is 282 g/mol. The number of benzene rings is 1. The lowest BCUT2D eigenvalue weighted by molar-refractivity contribution is 0.0706. The van der Waals surface area contributed by atoms with Crippen molar-refractivity contribution in [2.45, 2.75) is 13.1 Å². The predicted octanol–water partition coefficient (Wildman–Crippen LogP) is 1.35. The molecule has 8 heteroatoms. The number of hydrogen-bond acceptors (Lipinski definition) is 3. The minimum Gasteiger partial charge on any atom is -0.329 e. The Kier molecular flexibility index (Phi) is 2.92. The lowest BCUT2D eigenvalue weighted by atomic mass is 10.1. The second-order valence-electron chi connectivity index (χ2n) is 4.42. The van der Waals surface area contributed by atoms with Gasteiger partial charge in [0.15, 0.2) is 23.3 Å². The SMILES string of the molecule is O=C(c1cc(F)c(F)c(F)c1)N1CCn2cnnc2C1. The molecule has 1 aromatic carbocycles. The van der Waals surface area contributed by atoms with Crippen molar-refractivity contribution in [1.29, 1.82) is 0 Å². The molecule has 2 heterocycles. The molecule has 0 radical (unpaired) electrons. The summed E-state index contributed by atoms with van der Waals surface area (Å²) in [4.78, 5) is 13.5. The number of rotatable bonds is 1. The van der Waals surface area contributed by atoms with Crippen LogP contribution >= 0.6 is 0 Å².